The van der Waals surface area contributed by atoms with E-state index >= 15 is 4.79 Å². The number of nitrogens with one attached hydrogen (secondary N) is 4. The Balaban J connectivity index is 1.27. The lowest BCUT2D eigenvalue weighted by Crippen LogP contribution is -2.60. The average molecular weight is 738 g/mol. The van der Waals surface area contributed by atoms with Gasteiger partial charge < -0.3 is 31.9 Å². The molecule has 0 aromatic carbocycles. The smallest absolute Gasteiger partial charge is 0.289 e. The van der Waals surface area contributed by atoms with Crippen LogP contribution in [-0.4, -0.2) is 89.5 Å². The molecule has 296 valence electrons. The van der Waals surface area contributed by atoms with Crippen LogP contribution in [0.2, 0.25) is 0 Å². The third-order valence-corrected chi connectivity index (χ3v) is 14.5. The van der Waals surface area contributed by atoms with E-state index in [4.69, 9.17) is 10.7 Å². The number of nitrogens with zero attached hydrogens (tertiary/aromatic N) is 2. The standard InChI is InChI=1S/C41H67N7O5/c1-7-14-27(31(49)36(52)44-26-18-19-26)45-34(50)29-23-41(39(5,6)40(41)20-13-21-40)24-48(29)37(53)32(38(2,3)4)47-35(51)30(25-15-9-8-10-16-25)46-33(42)28-17-11-12-22-43-28/h25-30,32,43H,7-24H2,1-6H3,(H2,42,46)(H,44,52)(H,45,50)(H,47,51)/t27-,28-,29-,30?,32+,41+/m0/s1. The Labute approximate surface area is 316 Å². The first kappa shape index (κ1) is 39.7. The van der Waals surface area contributed by atoms with Crippen LogP contribution in [0.25, 0.3) is 0 Å². The fourth-order valence-corrected chi connectivity index (χ4v) is 10.8. The van der Waals surface area contributed by atoms with Crippen molar-refractivity contribution in [3.05, 3.63) is 0 Å². The van der Waals surface area contributed by atoms with Crippen LogP contribution in [0.15, 0.2) is 4.99 Å². The molecule has 6 atom stereocenters. The normalized spacial score (nSPS) is 29.8. The summed E-state index contributed by atoms with van der Waals surface area (Å²) in [5, 5.41) is 12.3. The SMILES string of the molecule is CCC[C@H](NC(=O)[C@@H]1C[C@@]2(CN1C(=O)[C@@H](NC(=O)C(N=C(N)[C@@H]1CCCCN1)C1CCCCC1)C(C)(C)C)C(C)(C)C21CCC1)C(=O)C(=O)NC1CC1. The summed E-state index contributed by atoms with van der Waals surface area (Å²) >= 11 is 0. The molecule has 6 rings (SSSR count). The minimum atomic E-state index is -0.971. The van der Waals surface area contributed by atoms with Gasteiger partial charge in [0.25, 0.3) is 5.91 Å². The van der Waals surface area contributed by atoms with Gasteiger partial charge in [-0.05, 0) is 92.9 Å². The highest BCUT2D eigenvalue weighted by atomic mass is 16.2. The van der Waals surface area contributed by atoms with Crippen molar-refractivity contribution in [2.24, 2.45) is 38.3 Å². The molecule has 6 aliphatic rings. The van der Waals surface area contributed by atoms with Crippen LogP contribution in [0.5, 0.6) is 0 Å². The second-order valence-electron chi connectivity index (χ2n) is 19.0. The molecule has 0 radical (unpaired) electrons. The maximum absolute atomic E-state index is 15.1. The van der Waals surface area contributed by atoms with E-state index in [9.17, 15) is 19.2 Å². The van der Waals surface area contributed by atoms with E-state index < -0.39 is 47.2 Å². The second kappa shape index (κ2) is 15.3. The summed E-state index contributed by atoms with van der Waals surface area (Å²) in [7, 11) is 0. The van der Waals surface area contributed by atoms with E-state index in [1.54, 1.807) is 4.90 Å². The summed E-state index contributed by atoms with van der Waals surface area (Å²) in [5.41, 5.74) is 5.65. The Morgan fingerprint density at radius 2 is 1.58 bits per heavy atom. The van der Waals surface area contributed by atoms with E-state index in [-0.39, 0.29) is 46.1 Å². The van der Waals surface area contributed by atoms with Gasteiger partial charge in [-0.15, -0.1) is 0 Å². The van der Waals surface area contributed by atoms with Crippen molar-refractivity contribution in [3.8, 4) is 0 Å². The Morgan fingerprint density at radius 1 is 0.906 bits per heavy atom. The summed E-state index contributed by atoms with van der Waals surface area (Å²) in [6.07, 6.45) is 14.4. The first-order valence-corrected chi connectivity index (χ1v) is 20.9. The summed E-state index contributed by atoms with van der Waals surface area (Å²) < 4.78 is 0. The zero-order valence-electron chi connectivity index (χ0n) is 33.3. The van der Waals surface area contributed by atoms with Crippen molar-refractivity contribution >= 4 is 35.2 Å². The molecule has 12 heteroatoms. The number of hydrogen-bond acceptors (Lipinski definition) is 7. The van der Waals surface area contributed by atoms with Crippen molar-refractivity contribution in [2.75, 3.05) is 13.1 Å². The van der Waals surface area contributed by atoms with E-state index in [0.717, 1.165) is 90.0 Å². The molecule has 6 N–H and O–H groups in total. The molecule has 0 bridgehead atoms. The highest BCUT2D eigenvalue weighted by Gasteiger charge is 2.85. The topological polar surface area (TPSA) is 175 Å². The minimum absolute atomic E-state index is 0.0244. The number of nitrogens with two attached hydrogens (primary N) is 1. The summed E-state index contributed by atoms with van der Waals surface area (Å²) in [6, 6.07) is -3.47. The van der Waals surface area contributed by atoms with Gasteiger partial charge in [-0.25, -0.2) is 0 Å². The number of Topliss-reactive ketones (excluding diaryl/α,β-unsaturated/α-hetero) is 1. The molecular formula is C41H67N7O5. The van der Waals surface area contributed by atoms with Crippen LogP contribution in [0.4, 0.5) is 0 Å². The molecule has 4 saturated carbocycles. The van der Waals surface area contributed by atoms with Crippen LogP contribution < -0.4 is 27.0 Å². The van der Waals surface area contributed by atoms with Crippen molar-refractivity contribution in [1.29, 1.82) is 0 Å². The Morgan fingerprint density at radius 3 is 2.13 bits per heavy atom. The molecule has 2 spiro atoms. The van der Waals surface area contributed by atoms with Crippen LogP contribution in [0.1, 0.15) is 144 Å². The molecule has 6 fully saturated rings. The third kappa shape index (κ3) is 7.51. The number of hydrogen-bond donors (Lipinski definition) is 5. The number of aliphatic imine (C=N–C) groups is 1. The zero-order chi connectivity index (χ0) is 38.3. The Kier molecular flexibility index (Phi) is 11.4. The van der Waals surface area contributed by atoms with Crippen molar-refractivity contribution in [3.63, 3.8) is 0 Å². The van der Waals surface area contributed by atoms with Crippen LogP contribution in [0, 0.1) is 27.6 Å². The fourth-order valence-electron chi connectivity index (χ4n) is 10.8. The zero-order valence-corrected chi connectivity index (χ0v) is 33.3. The van der Waals surface area contributed by atoms with Crippen molar-refractivity contribution < 1.29 is 24.0 Å². The number of carbonyl (C=O) groups is 5. The molecule has 12 nitrogen and oxygen atoms in total. The predicted octanol–water partition coefficient (Wildman–Crippen LogP) is 3.90. The highest BCUT2D eigenvalue weighted by Crippen LogP contribution is 2.88. The average Bonchev–Trinajstić information content (AvgIpc) is 3.94. The van der Waals surface area contributed by atoms with Gasteiger partial charge in [0.05, 0.1) is 12.1 Å². The van der Waals surface area contributed by atoms with E-state index in [2.05, 4.69) is 35.1 Å². The van der Waals surface area contributed by atoms with Gasteiger partial charge in [0.2, 0.25) is 23.5 Å². The molecule has 4 amide bonds. The monoisotopic (exact) mass is 738 g/mol. The second-order valence-corrected chi connectivity index (χ2v) is 19.0. The number of piperidine rings is 1. The van der Waals surface area contributed by atoms with E-state index in [1.807, 2.05) is 27.7 Å². The Bertz CT molecular complexity index is 1450. The lowest BCUT2D eigenvalue weighted by atomic mass is 9.73. The van der Waals surface area contributed by atoms with Gasteiger partial charge in [0.15, 0.2) is 0 Å². The minimum Gasteiger partial charge on any atom is -0.386 e. The first-order valence-electron chi connectivity index (χ1n) is 20.9. The molecule has 1 unspecified atom stereocenters. The largest absolute Gasteiger partial charge is 0.386 e. The van der Waals surface area contributed by atoms with Gasteiger partial charge in [0.1, 0.15) is 24.0 Å². The molecule has 0 aromatic rings. The number of fused-ring (bicyclic) bond motifs is 1. The maximum atomic E-state index is 15.1. The van der Waals surface area contributed by atoms with Gasteiger partial charge in [-0.2, -0.15) is 0 Å². The summed E-state index contributed by atoms with van der Waals surface area (Å²) in [5.74, 6) is -1.81. The first-order chi connectivity index (χ1) is 25.1. The summed E-state index contributed by atoms with van der Waals surface area (Å²) in [4.78, 5) is 76.7. The van der Waals surface area contributed by atoms with Gasteiger partial charge >= 0.3 is 0 Å². The van der Waals surface area contributed by atoms with Gasteiger partial charge in [-0.1, -0.05) is 80.1 Å². The van der Waals surface area contributed by atoms with Crippen molar-refractivity contribution in [2.45, 2.75) is 181 Å². The van der Waals surface area contributed by atoms with Crippen molar-refractivity contribution in [1.82, 2.24) is 26.2 Å². The predicted molar refractivity (Wildman–Crippen MR) is 205 cm³/mol. The van der Waals surface area contributed by atoms with Crippen LogP contribution in [0.3, 0.4) is 0 Å². The van der Waals surface area contributed by atoms with Gasteiger partial charge in [-0.3, -0.25) is 29.0 Å². The lowest BCUT2D eigenvalue weighted by molar-refractivity contribution is -0.145. The molecule has 2 saturated heterocycles. The molecule has 2 heterocycles. The van der Waals surface area contributed by atoms with Gasteiger partial charge in [0, 0.05) is 18.0 Å². The Hall–Kier alpha value is -3.02. The number of amidine groups is 1. The molecule has 0 aromatic heterocycles. The number of likely N-dealkylation sites (tertiary alicyclic amines) is 1. The molecule has 2 aliphatic heterocycles. The molecular weight excluding hydrogens is 670 g/mol. The maximum Gasteiger partial charge on any atom is 0.289 e. The lowest BCUT2D eigenvalue weighted by Gasteiger charge is -2.37. The number of rotatable bonds is 13. The third-order valence-electron chi connectivity index (χ3n) is 14.5. The summed E-state index contributed by atoms with van der Waals surface area (Å²) in [6.45, 7) is 13.6. The quantitative estimate of drug-likeness (QED) is 0.108. The molecule has 53 heavy (non-hydrogen) atoms. The van der Waals surface area contributed by atoms with E-state index in [0.29, 0.717) is 31.6 Å². The van der Waals surface area contributed by atoms with Crippen LogP contribution >= 0.6 is 0 Å². The fraction of sp³-hybridized carbons (Fsp3) is 0.854. The van der Waals surface area contributed by atoms with Crippen LogP contribution in [-0.2, 0) is 24.0 Å². The number of amides is 4. The number of carbonyl (C=O) groups excluding carboxylic acids is 5. The highest BCUT2D eigenvalue weighted by molar-refractivity contribution is 6.38. The molecule has 4 aliphatic carbocycles. The number of ketones is 1. The van der Waals surface area contributed by atoms with E-state index in [1.165, 1.54) is 0 Å².